The van der Waals surface area contributed by atoms with E-state index in [9.17, 15) is 0 Å². The van der Waals surface area contributed by atoms with Crippen LogP contribution in [0.2, 0.25) is 0 Å². The second-order valence-electron chi connectivity index (χ2n) is 14.1. The summed E-state index contributed by atoms with van der Waals surface area (Å²) >= 11 is 1.86. The normalized spacial score (nSPS) is 11.6. The van der Waals surface area contributed by atoms with Crippen molar-refractivity contribution >= 4 is 81.1 Å². The molecule has 0 bridgehead atoms. The van der Waals surface area contributed by atoms with Gasteiger partial charge in [0.1, 0.15) is 0 Å². The minimum atomic E-state index is 1.12. The van der Waals surface area contributed by atoms with Gasteiger partial charge in [-0.2, -0.15) is 0 Å². The molecule has 0 aliphatic heterocycles. The van der Waals surface area contributed by atoms with E-state index in [1.165, 1.54) is 86.4 Å². The van der Waals surface area contributed by atoms with Crippen molar-refractivity contribution in [2.24, 2.45) is 0 Å². The summed E-state index contributed by atoms with van der Waals surface area (Å²) in [6.45, 7) is 0. The Balaban J connectivity index is 1.04. The zero-order chi connectivity index (χ0) is 36.3. The molecule has 0 atom stereocenters. The molecule has 0 aliphatic carbocycles. The van der Waals surface area contributed by atoms with Crippen LogP contribution in [-0.2, 0) is 0 Å². The summed E-state index contributed by atoms with van der Waals surface area (Å²) in [6, 6.07) is 75.1. The van der Waals surface area contributed by atoms with E-state index < -0.39 is 0 Å². The number of nitrogens with zero attached hydrogens (tertiary/aromatic N) is 2. The first-order chi connectivity index (χ1) is 27.3. The molecule has 0 saturated carbocycles. The van der Waals surface area contributed by atoms with Crippen LogP contribution in [0.4, 0.5) is 17.1 Å². The van der Waals surface area contributed by atoms with Crippen LogP contribution in [0.25, 0.3) is 80.7 Å². The second kappa shape index (κ2) is 12.9. The molecule has 2 aromatic heterocycles. The Hall–Kier alpha value is -6.94. The van der Waals surface area contributed by atoms with Gasteiger partial charge in [0.15, 0.2) is 0 Å². The fourth-order valence-corrected chi connectivity index (χ4v) is 9.64. The number of hydrogen-bond donors (Lipinski definition) is 0. The third-order valence-corrected chi connectivity index (χ3v) is 12.1. The highest BCUT2D eigenvalue weighted by Crippen LogP contribution is 2.47. The van der Waals surface area contributed by atoms with Gasteiger partial charge in [0, 0.05) is 47.6 Å². The molecular formula is C52H34N2S. The fraction of sp³-hybridized carbons (Fsp3) is 0. The SMILES string of the molecule is c1cc(-c2ccc(N(c3cccc4ccccc34)c3cccc4sc5ccccc5c34)cc2)cc(-c2ccccc2-n2c3ccccc3c3ccccc32)c1. The van der Waals surface area contributed by atoms with Gasteiger partial charge < -0.3 is 9.47 Å². The third-order valence-electron chi connectivity index (χ3n) is 11.0. The smallest absolute Gasteiger partial charge is 0.0555 e. The Morgan fingerprint density at radius 3 is 1.78 bits per heavy atom. The third kappa shape index (κ3) is 5.16. The first kappa shape index (κ1) is 31.6. The number of para-hydroxylation sites is 3. The van der Waals surface area contributed by atoms with E-state index in [0.717, 1.165) is 11.4 Å². The van der Waals surface area contributed by atoms with Gasteiger partial charge in [-0.3, -0.25) is 0 Å². The van der Waals surface area contributed by atoms with E-state index in [1.54, 1.807) is 0 Å². The van der Waals surface area contributed by atoms with E-state index in [4.69, 9.17) is 0 Å². The highest BCUT2D eigenvalue weighted by atomic mass is 32.1. The summed E-state index contributed by atoms with van der Waals surface area (Å²) in [4.78, 5) is 2.45. The zero-order valence-corrected chi connectivity index (χ0v) is 30.7. The zero-order valence-electron chi connectivity index (χ0n) is 29.9. The van der Waals surface area contributed by atoms with Gasteiger partial charge in [-0.1, -0.05) is 146 Å². The predicted molar refractivity (Wildman–Crippen MR) is 237 cm³/mol. The largest absolute Gasteiger partial charge is 0.309 e. The summed E-state index contributed by atoms with van der Waals surface area (Å²) in [7, 11) is 0. The maximum Gasteiger partial charge on any atom is 0.0555 e. The topological polar surface area (TPSA) is 8.17 Å². The average molecular weight is 719 g/mol. The number of rotatable bonds is 6. The Bertz CT molecular complexity index is 3160. The lowest BCUT2D eigenvalue weighted by Gasteiger charge is -2.28. The molecule has 2 heterocycles. The Morgan fingerprint density at radius 2 is 0.964 bits per heavy atom. The minimum absolute atomic E-state index is 1.12. The predicted octanol–water partition coefficient (Wildman–Crippen LogP) is 15.1. The minimum Gasteiger partial charge on any atom is -0.309 e. The number of thiophene rings is 1. The molecule has 0 saturated heterocycles. The van der Waals surface area contributed by atoms with Crippen molar-refractivity contribution in [2.75, 3.05) is 4.90 Å². The molecule has 0 N–H and O–H groups in total. The summed E-state index contributed by atoms with van der Waals surface area (Å²) in [5.74, 6) is 0. The lowest BCUT2D eigenvalue weighted by molar-refractivity contribution is 1.18. The monoisotopic (exact) mass is 718 g/mol. The molecular weight excluding hydrogens is 685 g/mol. The summed E-state index contributed by atoms with van der Waals surface area (Å²) in [5.41, 5.74) is 11.8. The van der Waals surface area contributed by atoms with Crippen molar-refractivity contribution in [3.8, 4) is 27.9 Å². The molecule has 0 spiro atoms. The van der Waals surface area contributed by atoms with Crippen LogP contribution in [0, 0.1) is 0 Å². The van der Waals surface area contributed by atoms with E-state index in [-0.39, 0.29) is 0 Å². The highest BCUT2D eigenvalue weighted by Gasteiger charge is 2.21. The Morgan fingerprint density at radius 1 is 0.382 bits per heavy atom. The summed E-state index contributed by atoms with van der Waals surface area (Å²) in [5, 5.41) is 7.56. The van der Waals surface area contributed by atoms with Crippen LogP contribution < -0.4 is 4.90 Å². The van der Waals surface area contributed by atoms with E-state index >= 15 is 0 Å². The van der Waals surface area contributed by atoms with E-state index in [1.807, 2.05) is 11.3 Å². The van der Waals surface area contributed by atoms with Crippen LogP contribution in [0.15, 0.2) is 206 Å². The van der Waals surface area contributed by atoms with Crippen molar-refractivity contribution in [1.82, 2.24) is 4.57 Å². The van der Waals surface area contributed by atoms with Crippen molar-refractivity contribution < 1.29 is 0 Å². The molecule has 55 heavy (non-hydrogen) atoms. The summed E-state index contributed by atoms with van der Waals surface area (Å²) in [6.07, 6.45) is 0. The number of aromatic nitrogens is 1. The maximum atomic E-state index is 2.45. The van der Waals surface area contributed by atoms with Crippen LogP contribution in [0.1, 0.15) is 0 Å². The first-order valence-corrected chi connectivity index (χ1v) is 19.6. The number of benzene rings is 9. The van der Waals surface area contributed by atoms with Crippen LogP contribution >= 0.6 is 11.3 Å². The molecule has 0 unspecified atom stereocenters. The van der Waals surface area contributed by atoms with Gasteiger partial charge in [0.25, 0.3) is 0 Å². The van der Waals surface area contributed by atoms with Crippen LogP contribution in [0.3, 0.4) is 0 Å². The van der Waals surface area contributed by atoms with Crippen molar-refractivity contribution in [1.29, 1.82) is 0 Å². The number of fused-ring (bicyclic) bond motifs is 7. The molecule has 11 aromatic rings. The molecule has 3 heteroatoms. The summed E-state index contributed by atoms with van der Waals surface area (Å²) < 4.78 is 5.01. The highest BCUT2D eigenvalue weighted by molar-refractivity contribution is 7.26. The lowest BCUT2D eigenvalue weighted by atomic mass is 9.97. The molecule has 0 amide bonds. The van der Waals surface area contributed by atoms with Crippen molar-refractivity contribution in [3.05, 3.63) is 206 Å². The maximum absolute atomic E-state index is 2.45. The van der Waals surface area contributed by atoms with Gasteiger partial charge in [-0.25, -0.2) is 0 Å². The molecule has 0 fully saturated rings. The van der Waals surface area contributed by atoms with Gasteiger partial charge >= 0.3 is 0 Å². The first-order valence-electron chi connectivity index (χ1n) is 18.8. The molecule has 9 aromatic carbocycles. The molecule has 0 aliphatic rings. The number of anilines is 3. The van der Waals surface area contributed by atoms with Gasteiger partial charge in [-0.05, 0) is 82.7 Å². The number of hydrogen-bond acceptors (Lipinski definition) is 2. The van der Waals surface area contributed by atoms with Gasteiger partial charge in [-0.15, -0.1) is 11.3 Å². The Kier molecular flexibility index (Phi) is 7.39. The standard InChI is InChI=1S/C52H34N2S/c1-2-18-40-36(14-1)15-12-26-45(40)53(49-27-13-29-51-52(49)44-22-6-10-28-50(44)55-51)39-32-30-35(31-33-39)37-16-11-17-38(34-37)41-19-3-7-23-46(41)54-47-24-8-4-20-42(47)43-21-5-9-25-48(43)54/h1-34H. The molecule has 2 nitrogen and oxygen atoms in total. The lowest BCUT2D eigenvalue weighted by Crippen LogP contribution is -2.10. The molecule has 11 rings (SSSR count). The van der Waals surface area contributed by atoms with E-state index in [0.29, 0.717) is 0 Å². The second-order valence-corrected chi connectivity index (χ2v) is 15.2. The van der Waals surface area contributed by atoms with Crippen LogP contribution in [0.5, 0.6) is 0 Å². The van der Waals surface area contributed by atoms with E-state index in [2.05, 4.69) is 216 Å². The average Bonchev–Trinajstić information content (AvgIpc) is 3.81. The van der Waals surface area contributed by atoms with Crippen LogP contribution in [-0.4, -0.2) is 4.57 Å². The molecule has 258 valence electrons. The fourth-order valence-electron chi connectivity index (χ4n) is 8.52. The Labute approximate surface area is 323 Å². The quantitative estimate of drug-likeness (QED) is 0.166. The van der Waals surface area contributed by atoms with Crippen molar-refractivity contribution in [2.45, 2.75) is 0 Å². The van der Waals surface area contributed by atoms with Crippen molar-refractivity contribution in [3.63, 3.8) is 0 Å². The van der Waals surface area contributed by atoms with Gasteiger partial charge in [0.2, 0.25) is 0 Å². The van der Waals surface area contributed by atoms with Gasteiger partial charge in [0.05, 0.1) is 28.1 Å². The molecule has 0 radical (unpaired) electrons.